The molecule has 1 aromatic carbocycles. The molecule has 1 saturated heterocycles. The quantitative estimate of drug-likeness (QED) is 0.899. The number of rotatable bonds is 2. The second kappa shape index (κ2) is 4.70. The van der Waals surface area contributed by atoms with Gasteiger partial charge in [0, 0.05) is 5.56 Å². The highest BCUT2D eigenvalue weighted by molar-refractivity contribution is 5.73. The second-order valence-electron chi connectivity index (χ2n) is 5.22. The normalized spacial score (nSPS) is 36.1. The van der Waals surface area contributed by atoms with Gasteiger partial charge in [-0.15, -0.1) is 0 Å². The lowest BCUT2D eigenvalue weighted by Gasteiger charge is -2.40. The van der Waals surface area contributed by atoms with E-state index in [9.17, 15) is 8.78 Å². The molecule has 108 valence electrons. The van der Waals surface area contributed by atoms with Gasteiger partial charge in [-0.3, -0.25) is 0 Å². The molecule has 20 heavy (non-hydrogen) atoms. The van der Waals surface area contributed by atoms with Crippen molar-refractivity contribution in [3.8, 4) is 0 Å². The largest absolute Gasteiger partial charge is 0.459 e. The zero-order valence-electron chi connectivity index (χ0n) is 11.1. The molecule has 0 saturated carbocycles. The van der Waals surface area contributed by atoms with Gasteiger partial charge in [-0.2, -0.15) is 0 Å². The number of fused-ring (bicyclic) bond motifs is 1. The molecule has 2 aliphatic heterocycles. The zero-order chi connectivity index (χ0) is 14.3. The third-order valence-corrected chi connectivity index (χ3v) is 4.12. The first-order valence-corrected chi connectivity index (χ1v) is 6.53. The smallest absolute Gasteiger partial charge is 0.283 e. The van der Waals surface area contributed by atoms with Crippen LogP contribution < -0.4 is 5.73 Å². The molecule has 0 aromatic heterocycles. The fraction of sp³-hybridized carbons (Fsp3) is 0.500. The average molecular weight is 282 g/mol. The second-order valence-corrected chi connectivity index (χ2v) is 5.22. The van der Waals surface area contributed by atoms with Crippen molar-refractivity contribution in [2.24, 2.45) is 16.6 Å². The molecule has 3 rings (SSSR count). The van der Waals surface area contributed by atoms with Crippen molar-refractivity contribution < 1.29 is 18.3 Å². The van der Waals surface area contributed by atoms with Gasteiger partial charge in [0.15, 0.2) is 0 Å². The number of amidine groups is 1. The number of ether oxygens (including phenoxy) is 2. The summed E-state index contributed by atoms with van der Waals surface area (Å²) in [6, 6.07) is 5.93. The molecule has 2 aliphatic rings. The highest BCUT2D eigenvalue weighted by Gasteiger charge is 2.55. The molecule has 0 aliphatic carbocycles. The Morgan fingerprint density at radius 3 is 2.90 bits per heavy atom. The summed E-state index contributed by atoms with van der Waals surface area (Å²) in [7, 11) is 0. The van der Waals surface area contributed by atoms with Gasteiger partial charge in [-0.05, 0) is 13.0 Å². The van der Waals surface area contributed by atoms with E-state index in [4.69, 9.17) is 15.2 Å². The lowest BCUT2D eigenvalue weighted by atomic mass is 9.76. The van der Waals surface area contributed by atoms with Crippen molar-refractivity contribution >= 4 is 6.02 Å². The van der Waals surface area contributed by atoms with E-state index in [-0.39, 0.29) is 24.3 Å². The summed E-state index contributed by atoms with van der Waals surface area (Å²) in [5.41, 5.74) is 4.50. The highest BCUT2D eigenvalue weighted by atomic mass is 19.1. The monoisotopic (exact) mass is 282 g/mol. The molecule has 2 heterocycles. The van der Waals surface area contributed by atoms with E-state index in [1.54, 1.807) is 12.1 Å². The van der Waals surface area contributed by atoms with E-state index in [1.165, 1.54) is 12.1 Å². The van der Waals surface area contributed by atoms with Gasteiger partial charge in [-0.1, -0.05) is 18.2 Å². The molecule has 2 N–H and O–H groups in total. The maximum atomic E-state index is 14.1. The summed E-state index contributed by atoms with van der Waals surface area (Å²) in [5, 5.41) is 0. The molecule has 0 bridgehead atoms. The predicted octanol–water partition coefficient (Wildman–Crippen LogP) is 1.74. The van der Waals surface area contributed by atoms with Crippen LogP contribution in [0.15, 0.2) is 29.3 Å². The molecule has 0 unspecified atom stereocenters. The number of halogens is 2. The lowest BCUT2D eigenvalue weighted by Crippen LogP contribution is -2.51. The van der Waals surface area contributed by atoms with Crippen LogP contribution in [0.25, 0.3) is 0 Å². The fourth-order valence-corrected chi connectivity index (χ4v) is 3.08. The number of benzene rings is 1. The molecule has 1 fully saturated rings. The number of nitrogens with zero attached hydrogens (tertiary/aromatic N) is 1. The number of hydrogen-bond donors (Lipinski definition) is 1. The van der Waals surface area contributed by atoms with Gasteiger partial charge < -0.3 is 15.2 Å². The topological polar surface area (TPSA) is 56.8 Å². The van der Waals surface area contributed by atoms with Crippen LogP contribution >= 0.6 is 0 Å². The Hall–Kier alpha value is -1.69. The molecule has 0 radical (unpaired) electrons. The Kier molecular flexibility index (Phi) is 3.12. The lowest BCUT2D eigenvalue weighted by molar-refractivity contribution is 0.0335. The molecule has 6 heteroatoms. The molecule has 4 nitrogen and oxygen atoms in total. The first-order valence-electron chi connectivity index (χ1n) is 6.53. The fourth-order valence-electron chi connectivity index (χ4n) is 3.08. The van der Waals surface area contributed by atoms with E-state index in [2.05, 4.69) is 4.99 Å². The van der Waals surface area contributed by atoms with Crippen molar-refractivity contribution in [3.05, 3.63) is 35.6 Å². The number of alkyl halides is 1. The standard InChI is InChI=1S/C14H16F2N2O2/c1-8-12-10(6-19-8)14(7-15,18-13(17)20-12)9-4-2-3-5-11(9)16/h2-5,8,10,12H,6-7H2,1H3,(H2,17,18)/t8-,10+,12-,14-/m1/s1. The first kappa shape index (κ1) is 13.3. The van der Waals surface area contributed by atoms with Crippen LogP contribution in [0, 0.1) is 11.7 Å². The van der Waals surface area contributed by atoms with Crippen LogP contribution in [0.4, 0.5) is 8.78 Å². The van der Waals surface area contributed by atoms with Crippen molar-refractivity contribution in [2.45, 2.75) is 24.7 Å². The van der Waals surface area contributed by atoms with E-state index < -0.39 is 30.1 Å². The third kappa shape index (κ3) is 1.78. The van der Waals surface area contributed by atoms with E-state index in [0.29, 0.717) is 0 Å². The van der Waals surface area contributed by atoms with Gasteiger partial charge in [0.05, 0.1) is 18.6 Å². The van der Waals surface area contributed by atoms with Crippen LogP contribution in [0.1, 0.15) is 12.5 Å². The van der Waals surface area contributed by atoms with Gasteiger partial charge in [-0.25, -0.2) is 13.8 Å². The number of nitrogens with two attached hydrogens (primary N) is 1. The minimum absolute atomic E-state index is 0.121. The van der Waals surface area contributed by atoms with Crippen molar-refractivity contribution in [3.63, 3.8) is 0 Å². The Labute approximate surface area is 115 Å². The Bertz CT molecular complexity index is 552. The molecular weight excluding hydrogens is 266 g/mol. The van der Waals surface area contributed by atoms with Crippen molar-refractivity contribution in [1.29, 1.82) is 0 Å². The Morgan fingerprint density at radius 1 is 1.45 bits per heavy atom. The maximum absolute atomic E-state index is 14.1. The predicted molar refractivity (Wildman–Crippen MR) is 69.5 cm³/mol. The van der Waals surface area contributed by atoms with Gasteiger partial charge in [0.25, 0.3) is 6.02 Å². The number of hydrogen-bond acceptors (Lipinski definition) is 4. The summed E-state index contributed by atoms with van der Waals surface area (Å²) in [6.45, 7) is 1.24. The Balaban J connectivity index is 2.15. The summed E-state index contributed by atoms with van der Waals surface area (Å²) in [6.07, 6.45) is -0.644. The van der Waals surface area contributed by atoms with Crippen molar-refractivity contribution in [2.75, 3.05) is 13.3 Å². The minimum atomic E-state index is -1.37. The molecular formula is C14H16F2N2O2. The van der Waals surface area contributed by atoms with Gasteiger partial charge in [0.2, 0.25) is 0 Å². The first-order chi connectivity index (χ1) is 9.58. The van der Waals surface area contributed by atoms with Crippen LogP contribution in [-0.2, 0) is 15.0 Å². The van der Waals surface area contributed by atoms with Crippen LogP contribution in [0.3, 0.4) is 0 Å². The van der Waals surface area contributed by atoms with Gasteiger partial charge in [0.1, 0.15) is 24.1 Å². The molecule has 0 amide bonds. The van der Waals surface area contributed by atoms with Crippen LogP contribution in [0.2, 0.25) is 0 Å². The van der Waals surface area contributed by atoms with Crippen molar-refractivity contribution in [1.82, 2.24) is 0 Å². The summed E-state index contributed by atoms with van der Waals surface area (Å²) >= 11 is 0. The molecule has 4 atom stereocenters. The van der Waals surface area contributed by atoms with Crippen LogP contribution in [-0.4, -0.2) is 31.5 Å². The maximum Gasteiger partial charge on any atom is 0.283 e. The Morgan fingerprint density at radius 2 is 2.20 bits per heavy atom. The molecule has 0 spiro atoms. The SMILES string of the molecule is C[C@H]1OC[C@H]2[C@@H]1OC(N)=N[C@]2(CF)c1ccccc1F. The van der Waals surface area contributed by atoms with E-state index in [0.717, 1.165) is 0 Å². The molecule has 1 aromatic rings. The minimum Gasteiger partial charge on any atom is -0.459 e. The average Bonchev–Trinajstić information content (AvgIpc) is 2.80. The highest BCUT2D eigenvalue weighted by Crippen LogP contribution is 2.45. The summed E-state index contributed by atoms with van der Waals surface area (Å²) in [5.74, 6) is -0.895. The number of aliphatic imine (C=N–C) groups is 1. The van der Waals surface area contributed by atoms with E-state index in [1.807, 2.05) is 6.92 Å². The van der Waals surface area contributed by atoms with E-state index >= 15 is 0 Å². The van der Waals surface area contributed by atoms with Gasteiger partial charge >= 0.3 is 0 Å². The summed E-state index contributed by atoms with van der Waals surface area (Å²) < 4.78 is 39.0. The third-order valence-electron chi connectivity index (χ3n) is 4.12. The van der Waals surface area contributed by atoms with Crippen LogP contribution in [0.5, 0.6) is 0 Å². The zero-order valence-corrected chi connectivity index (χ0v) is 11.1. The summed E-state index contributed by atoms with van der Waals surface area (Å²) in [4.78, 5) is 4.12.